The van der Waals surface area contributed by atoms with Crippen molar-refractivity contribution in [3.8, 4) is 0 Å². The SMILES string of the molecule is CCCC1(C(=O)NC(C)c2ccc(Cl)c(Cl)c2)CCNC1. The molecule has 1 amide bonds. The third-order valence-electron chi connectivity index (χ3n) is 4.25. The number of benzene rings is 1. The molecule has 2 rings (SSSR count). The van der Waals surface area contributed by atoms with Crippen LogP contribution in [0.15, 0.2) is 18.2 Å². The number of hydrogen-bond acceptors (Lipinski definition) is 2. The number of rotatable bonds is 5. The third-order valence-corrected chi connectivity index (χ3v) is 4.98. The van der Waals surface area contributed by atoms with Crippen LogP contribution in [-0.4, -0.2) is 19.0 Å². The molecule has 0 aromatic heterocycles. The number of nitrogens with one attached hydrogen (secondary N) is 2. The molecule has 1 heterocycles. The Hall–Kier alpha value is -0.770. The van der Waals surface area contributed by atoms with Crippen molar-refractivity contribution in [1.29, 1.82) is 0 Å². The first-order chi connectivity index (χ1) is 9.98. The molecule has 116 valence electrons. The number of hydrogen-bond donors (Lipinski definition) is 2. The summed E-state index contributed by atoms with van der Waals surface area (Å²) in [7, 11) is 0. The molecule has 0 saturated carbocycles. The van der Waals surface area contributed by atoms with Gasteiger partial charge in [-0.3, -0.25) is 4.79 Å². The summed E-state index contributed by atoms with van der Waals surface area (Å²) in [5.74, 6) is 0.132. The molecule has 0 spiro atoms. The van der Waals surface area contributed by atoms with Crippen molar-refractivity contribution in [1.82, 2.24) is 10.6 Å². The van der Waals surface area contributed by atoms with E-state index < -0.39 is 0 Å². The maximum atomic E-state index is 12.7. The van der Waals surface area contributed by atoms with E-state index in [1.165, 1.54) is 0 Å². The van der Waals surface area contributed by atoms with E-state index in [2.05, 4.69) is 17.6 Å². The molecule has 1 fully saturated rings. The second-order valence-corrected chi connectivity index (χ2v) is 6.64. The van der Waals surface area contributed by atoms with Crippen LogP contribution >= 0.6 is 23.2 Å². The van der Waals surface area contributed by atoms with E-state index >= 15 is 0 Å². The van der Waals surface area contributed by atoms with Gasteiger partial charge in [0.25, 0.3) is 0 Å². The van der Waals surface area contributed by atoms with E-state index in [4.69, 9.17) is 23.2 Å². The first-order valence-corrected chi connectivity index (χ1v) is 8.21. The maximum absolute atomic E-state index is 12.7. The summed E-state index contributed by atoms with van der Waals surface area (Å²) in [6, 6.07) is 5.40. The van der Waals surface area contributed by atoms with Gasteiger partial charge in [0.15, 0.2) is 0 Å². The van der Waals surface area contributed by atoms with Crippen LogP contribution < -0.4 is 10.6 Å². The van der Waals surface area contributed by atoms with Gasteiger partial charge < -0.3 is 10.6 Å². The predicted molar refractivity (Wildman–Crippen MR) is 87.8 cm³/mol. The zero-order valence-corrected chi connectivity index (χ0v) is 14.0. The molecule has 1 aliphatic rings. The van der Waals surface area contributed by atoms with Crippen LogP contribution in [0.2, 0.25) is 10.0 Å². The van der Waals surface area contributed by atoms with Crippen LogP contribution in [0.4, 0.5) is 0 Å². The number of amides is 1. The van der Waals surface area contributed by atoms with E-state index in [1.54, 1.807) is 6.07 Å². The summed E-state index contributed by atoms with van der Waals surface area (Å²) in [6.07, 6.45) is 2.83. The zero-order chi connectivity index (χ0) is 15.5. The van der Waals surface area contributed by atoms with Gasteiger partial charge >= 0.3 is 0 Å². The lowest BCUT2D eigenvalue weighted by molar-refractivity contribution is -0.131. The minimum Gasteiger partial charge on any atom is -0.349 e. The van der Waals surface area contributed by atoms with Crippen molar-refractivity contribution >= 4 is 29.1 Å². The molecule has 1 saturated heterocycles. The largest absolute Gasteiger partial charge is 0.349 e. The van der Waals surface area contributed by atoms with Gasteiger partial charge in [-0.15, -0.1) is 0 Å². The fourth-order valence-corrected chi connectivity index (χ4v) is 3.26. The normalized spacial score (nSPS) is 23.0. The first kappa shape index (κ1) is 16.6. The van der Waals surface area contributed by atoms with Crippen molar-refractivity contribution in [2.75, 3.05) is 13.1 Å². The highest BCUT2D eigenvalue weighted by molar-refractivity contribution is 6.42. The Morgan fingerprint density at radius 3 is 2.76 bits per heavy atom. The fourth-order valence-electron chi connectivity index (χ4n) is 2.96. The lowest BCUT2D eigenvalue weighted by Crippen LogP contribution is -2.43. The smallest absolute Gasteiger partial charge is 0.228 e. The summed E-state index contributed by atoms with van der Waals surface area (Å²) in [5, 5.41) is 7.48. The average molecular weight is 329 g/mol. The molecule has 0 bridgehead atoms. The van der Waals surface area contributed by atoms with Gasteiger partial charge in [0.2, 0.25) is 5.91 Å². The quantitative estimate of drug-likeness (QED) is 0.859. The summed E-state index contributed by atoms with van der Waals surface area (Å²) < 4.78 is 0. The summed E-state index contributed by atoms with van der Waals surface area (Å²) in [5.41, 5.74) is 0.703. The average Bonchev–Trinajstić information content (AvgIpc) is 2.92. The molecular formula is C16H22Cl2N2O. The molecule has 5 heteroatoms. The number of carbonyl (C=O) groups is 1. The molecule has 0 radical (unpaired) electrons. The van der Waals surface area contributed by atoms with E-state index in [-0.39, 0.29) is 17.4 Å². The van der Waals surface area contributed by atoms with Crippen LogP contribution in [0.3, 0.4) is 0 Å². The van der Waals surface area contributed by atoms with Crippen molar-refractivity contribution < 1.29 is 4.79 Å². The van der Waals surface area contributed by atoms with E-state index in [9.17, 15) is 4.79 Å². The van der Waals surface area contributed by atoms with Gasteiger partial charge in [-0.2, -0.15) is 0 Å². The van der Waals surface area contributed by atoms with Crippen LogP contribution in [0, 0.1) is 5.41 Å². The van der Waals surface area contributed by atoms with Gasteiger partial charge in [-0.25, -0.2) is 0 Å². The molecule has 1 aromatic rings. The minimum atomic E-state index is -0.265. The predicted octanol–water partition coefficient (Wildman–Crippen LogP) is 3.95. The van der Waals surface area contributed by atoms with E-state index in [0.717, 1.165) is 37.9 Å². The first-order valence-electron chi connectivity index (χ1n) is 7.45. The second-order valence-electron chi connectivity index (χ2n) is 5.83. The molecule has 2 N–H and O–H groups in total. The number of halogens is 2. The molecule has 0 aliphatic carbocycles. The fraction of sp³-hybridized carbons (Fsp3) is 0.562. The van der Waals surface area contributed by atoms with Gasteiger partial charge in [-0.05, 0) is 44.0 Å². The van der Waals surface area contributed by atoms with E-state index in [1.807, 2.05) is 19.1 Å². The molecule has 3 nitrogen and oxygen atoms in total. The van der Waals surface area contributed by atoms with Crippen molar-refractivity contribution in [2.24, 2.45) is 5.41 Å². The highest BCUT2D eigenvalue weighted by Crippen LogP contribution is 2.32. The standard InChI is InChI=1S/C16H22Cl2N2O/c1-3-6-16(7-8-19-10-16)15(21)20-11(2)12-4-5-13(17)14(18)9-12/h4-5,9,11,19H,3,6-8,10H2,1-2H3,(H,20,21). The topological polar surface area (TPSA) is 41.1 Å². The number of carbonyl (C=O) groups excluding carboxylic acids is 1. The Bertz CT molecular complexity index is 513. The minimum absolute atomic E-state index is 0.0819. The van der Waals surface area contributed by atoms with Crippen LogP contribution in [-0.2, 0) is 4.79 Å². The Morgan fingerprint density at radius 1 is 1.43 bits per heavy atom. The molecule has 2 atom stereocenters. The molecule has 2 unspecified atom stereocenters. The van der Waals surface area contributed by atoms with Crippen molar-refractivity contribution in [2.45, 2.75) is 39.2 Å². The van der Waals surface area contributed by atoms with Crippen LogP contribution in [0.5, 0.6) is 0 Å². The summed E-state index contributed by atoms with van der Waals surface area (Å²) >= 11 is 12.0. The van der Waals surface area contributed by atoms with E-state index in [0.29, 0.717) is 10.0 Å². The monoisotopic (exact) mass is 328 g/mol. The lowest BCUT2D eigenvalue weighted by atomic mass is 9.81. The summed E-state index contributed by atoms with van der Waals surface area (Å²) in [4.78, 5) is 12.7. The Balaban J connectivity index is 2.08. The highest BCUT2D eigenvalue weighted by Gasteiger charge is 2.40. The van der Waals surface area contributed by atoms with Gasteiger partial charge in [0.1, 0.15) is 0 Å². The van der Waals surface area contributed by atoms with Crippen LogP contribution in [0.1, 0.15) is 44.7 Å². The molecule has 21 heavy (non-hydrogen) atoms. The zero-order valence-electron chi connectivity index (χ0n) is 12.5. The van der Waals surface area contributed by atoms with Crippen molar-refractivity contribution in [3.63, 3.8) is 0 Å². The Kier molecular flexibility index (Phi) is 5.53. The van der Waals surface area contributed by atoms with Gasteiger partial charge in [-0.1, -0.05) is 42.6 Å². The van der Waals surface area contributed by atoms with Crippen molar-refractivity contribution in [3.05, 3.63) is 33.8 Å². The van der Waals surface area contributed by atoms with Gasteiger partial charge in [0.05, 0.1) is 21.5 Å². The Morgan fingerprint density at radius 2 is 2.19 bits per heavy atom. The molecule has 1 aromatic carbocycles. The second kappa shape index (κ2) is 6.99. The Labute approximate surface area is 136 Å². The maximum Gasteiger partial charge on any atom is 0.228 e. The van der Waals surface area contributed by atoms with Crippen LogP contribution in [0.25, 0.3) is 0 Å². The molecule has 1 aliphatic heterocycles. The van der Waals surface area contributed by atoms with Gasteiger partial charge in [0, 0.05) is 6.54 Å². The summed E-state index contributed by atoms with van der Waals surface area (Å²) in [6.45, 7) is 5.77. The third kappa shape index (κ3) is 3.71. The highest BCUT2D eigenvalue weighted by atomic mass is 35.5. The molecular weight excluding hydrogens is 307 g/mol. The lowest BCUT2D eigenvalue weighted by Gasteiger charge is -2.28.